The van der Waals surface area contributed by atoms with Gasteiger partial charge in [0.1, 0.15) is 5.83 Å². The molecule has 28 heavy (non-hydrogen) atoms. The van der Waals surface area contributed by atoms with Crippen LogP contribution in [0.25, 0.3) is 16.5 Å². The number of nitrogens with two attached hydrogens (primary N) is 1. The first kappa shape index (κ1) is 17.7. The molecule has 0 radical (unpaired) electrons. The lowest BCUT2D eigenvalue weighted by molar-refractivity contribution is 0.0998. The van der Waals surface area contributed by atoms with Crippen LogP contribution in [0.5, 0.6) is 0 Å². The van der Waals surface area contributed by atoms with Gasteiger partial charge in [0.15, 0.2) is 0 Å². The average Bonchev–Trinajstić information content (AvgIpc) is 3.12. The van der Waals surface area contributed by atoms with Gasteiger partial charge in [-0.05, 0) is 60.5 Å². The van der Waals surface area contributed by atoms with Gasteiger partial charge >= 0.3 is 0 Å². The molecule has 1 aliphatic carbocycles. The van der Waals surface area contributed by atoms with E-state index in [9.17, 15) is 14.0 Å². The number of fused-ring (bicyclic) bond motifs is 1. The standard InChI is InChI=1S/C21H17FN4O2/c22-15-6-1-12(2-7-15)19-17-11-14(5-10-18(17)25-26-19)21(28)24-16-8-3-13(4-9-16)20(23)27/h1,3-6,8-11H,2,7H2,(H2,23,27)(H,24,28)(H,25,26). The fourth-order valence-electron chi connectivity index (χ4n) is 3.13. The van der Waals surface area contributed by atoms with Crippen molar-refractivity contribution in [1.29, 1.82) is 0 Å². The molecule has 2 amide bonds. The molecular weight excluding hydrogens is 359 g/mol. The van der Waals surface area contributed by atoms with Crippen LogP contribution in [0.15, 0.2) is 60.4 Å². The number of amides is 2. The number of rotatable bonds is 4. The third-order valence-corrected chi connectivity index (χ3v) is 4.66. The van der Waals surface area contributed by atoms with Gasteiger partial charge in [-0.25, -0.2) is 4.39 Å². The number of hydrogen-bond donors (Lipinski definition) is 3. The Labute approximate surface area is 159 Å². The molecule has 0 fully saturated rings. The van der Waals surface area contributed by atoms with Gasteiger partial charge in [0.2, 0.25) is 5.91 Å². The van der Waals surface area contributed by atoms with Gasteiger partial charge in [-0.3, -0.25) is 14.7 Å². The molecule has 3 aromatic rings. The molecule has 0 atom stereocenters. The molecule has 4 rings (SSSR count). The summed E-state index contributed by atoms with van der Waals surface area (Å²) in [6.07, 6.45) is 4.08. The fourth-order valence-corrected chi connectivity index (χ4v) is 3.13. The smallest absolute Gasteiger partial charge is 0.255 e. The molecule has 2 aromatic carbocycles. The van der Waals surface area contributed by atoms with Crippen molar-refractivity contribution >= 4 is 34.0 Å². The van der Waals surface area contributed by atoms with E-state index in [0.717, 1.165) is 22.2 Å². The van der Waals surface area contributed by atoms with Crippen molar-refractivity contribution in [2.45, 2.75) is 12.8 Å². The van der Waals surface area contributed by atoms with Crippen LogP contribution >= 0.6 is 0 Å². The van der Waals surface area contributed by atoms with Crippen molar-refractivity contribution in [2.75, 3.05) is 5.32 Å². The van der Waals surface area contributed by atoms with E-state index in [2.05, 4.69) is 15.5 Å². The van der Waals surface area contributed by atoms with E-state index in [-0.39, 0.29) is 11.7 Å². The van der Waals surface area contributed by atoms with Crippen LogP contribution in [0.3, 0.4) is 0 Å². The molecule has 0 spiro atoms. The number of hydrogen-bond acceptors (Lipinski definition) is 3. The monoisotopic (exact) mass is 376 g/mol. The zero-order valence-electron chi connectivity index (χ0n) is 14.8. The molecule has 0 saturated carbocycles. The number of nitrogens with zero attached hydrogens (tertiary/aromatic N) is 1. The Bertz CT molecular complexity index is 1140. The third kappa shape index (κ3) is 3.42. The number of primary amides is 1. The molecule has 140 valence electrons. The molecule has 0 saturated heterocycles. The largest absolute Gasteiger partial charge is 0.366 e. The highest BCUT2D eigenvalue weighted by molar-refractivity contribution is 6.07. The van der Waals surface area contributed by atoms with Gasteiger partial charge in [-0.15, -0.1) is 0 Å². The van der Waals surface area contributed by atoms with Gasteiger partial charge in [0.25, 0.3) is 5.91 Å². The van der Waals surface area contributed by atoms with E-state index >= 15 is 0 Å². The lowest BCUT2D eigenvalue weighted by atomic mass is 9.98. The number of anilines is 1. The fraction of sp³-hybridized carbons (Fsp3) is 0.0952. The number of carbonyl (C=O) groups excluding carboxylic acids is 2. The van der Waals surface area contributed by atoms with Gasteiger partial charge in [0.05, 0.1) is 11.2 Å². The quantitative estimate of drug-likeness (QED) is 0.643. The molecule has 4 N–H and O–H groups in total. The van der Waals surface area contributed by atoms with E-state index in [4.69, 9.17) is 5.73 Å². The summed E-state index contributed by atoms with van der Waals surface area (Å²) in [5, 5.41) is 10.9. The minimum atomic E-state index is -0.525. The lowest BCUT2D eigenvalue weighted by Crippen LogP contribution is -2.13. The molecule has 0 aliphatic heterocycles. The number of nitrogens with one attached hydrogen (secondary N) is 2. The number of allylic oxidation sites excluding steroid dienone is 4. The third-order valence-electron chi connectivity index (χ3n) is 4.66. The van der Waals surface area contributed by atoms with Gasteiger partial charge in [0, 0.05) is 28.6 Å². The van der Waals surface area contributed by atoms with E-state index in [0.29, 0.717) is 29.7 Å². The molecule has 0 bridgehead atoms. The molecule has 0 unspecified atom stereocenters. The number of benzene rings is 2. The topological polar surface area (TPSA) is 101 Å². The van der Waals surface area contributed by atoms with E-state index in [1.54, 1.807) is 48.5 Å². The van der Waals surface area contributed by atoms with E-state index in [1.165, 1.54) is 6.08 Å². The summed E-state index contributed by atoms with van der Waals surface area (Å²) in [5.74, 6) is -0.960. The van der Waals surface area contributed by atoms with Crippen molar-refractivity contribution in [2.24, 2.45) is 5.73 Å². The second-order valence-corrected chi connectivity index (χ2v) is 6.53. The highest BCUT2D eigenvalue weighted by Gasteiger charge is 2.16. The second kappa shape index (κ2) is 7.11. The van der Waals surface area contributed by atoms with Crippen LogP contribution < -0.4 is 11.1 Å². The number of halogens is 1. The summed E-state index contributed by atoms with van der Waals surface area (Å²) in [6.45, 7) is 0. The first-order valence-electron chi connectivity index (χ1n) is 8.76. The van der Waals surface area contributed by atoms with Crippen LogP contribution in [0, 0.1) is 0 Å². The van der Waals surface area contributed by atoms with Crippen molar-refractivity contribution in [1.82, 2.24) is 10.2 Å². The zero-order chi connectivity index (χ0) is 19.7. The molecule has 1 aliphatic rings. The van der Waals surface area contributed by atoms with E-state index < -0.39 is 5.91 Å². The molecular formula is C21H17FN4O2. The highest BCUT2D eigenvalue weighted by Crippen LogP contribution is 2.31. The van der Waals surface area contributed by atoms with E-state index in [1.807, 2.05) is 0 Å². The summed E-state index contributed by atoms with van der Waals surface area (Å²) in [7, 11) is 0. The maximum atomic E-state index is 13.3. The summed E-state index contributed by atoms with van der Waals surface area (Å²) >= 11 is 0. The van der Waals surface area contributed by atoms with Crippen LogP contribution in [0.2, 0.25) is 0 Å². The minimum Gasteiger partial charge on any atom is -0.366 e. The van der Waals surface area contributed by atoms with Gasteiger partial charge in [-0.1, -0.05) is 6.08 Å². The summed E-state index contributed by atoms with van der Waals surface area (Å²) in [6, 6.07) is 11.6. The Hall–Kier alpha value is -3.74. The number of aromatic amines is 1. The first-order chi connectivity index (χ1) is 13.5. The summed E-state index contributed by atoms with van der Waals surface area (Å²) in [4.78, 5) is 23.8. The van der Waals surface area contributed by atoms with Crippen molar-refractivity contribution in [3.63, 3.8) is 0 Å². The molecule has 1 heterocycles. The van der Waals surface area contributed by atoms with Gasteiger partial charge < -0.3 is 11.1 Å². The Morgan fingerprint density at radius 3 is 2.46 bits per heavy atom. The van der Waals surface area contributed by atoms with Crippen LogP contribution in [-0.2, 0) is 0 Å². The van der Waals surface area contributed by atoms with Crippen LogP contribution in [0.1, 0.15) is 39.3 Å². The average molecular weight is 376 g/mol. The number of carbonyl (C=O) groups is 2. The Morgan fingerprint density at radius 2 is 1.79 bits per heavy atom. The van der Waals surface area contributed by atoms with Crippen molar-refractivity contribution in [3.05, 3.63) is 77.3 Å². The predicted molar refractivity (Wildman–Crippen MR) is 105 cm³/mol. The summed E-state index contributed by atoms with van der Waals surface area (Å²) < 4.78 is 13.3. The first-order valence-corrected chi connectivity index (χ1v) is 8.76. The molecule has 6 nitrogen and oxygen atoms in total. The Balaban J connectivity index is 1.61. The predicted octanol–water partition coefficient (Wildman–Crippen LogP) is 3.94. The van der Waals surface area contributed by atoms with Crippen LogP contribution in [-0.4, -0.2) is 22.0 Å². The maximum Gasteiger partial charge on any atom is 0.255 e. The number of aromatic nitrogens is 2. The van der Waals surface area contributed by atoms with Crippen molar-refractivity contribution in [3.8, 4) is 0 Å². The molecule has 7 heteroatoms. The second-order valence-electron chi connectivity index (χ2n) is 6.53. The van der Waals surface area contributed by atoms with Gasteiger partial charge in [-0.2, -0.15) is 5.10 Å². The summed E-state index contributed by atoms with van der Waals surface area (Å²) in [5.41, 5.74) is 9.05. The minimum absolute atomic E-state index is 0.147. The Morgan fingerprint density at radius 1 is 1.04 bits per heavy atom. The lowest BCUT2D eigenvalue weighted by Gasteiger charge is -2.09. The number of H-pyrrole nitrogens is 1. The normalized spacial score (nSPS) is 13.8. The molecule has 1 aromatic heterocycles. The van der Waals surface area contributed by atoms with Crippen LogP contribution in [0.4, 0.5) is 10.1 Å². The SMILES string of the molecule is NC(=O)c1ccc(NC(=O)c2ccc3[nH]nc(C4=CC=C(F)CC4)c3c2)cc1. The maximum absolute atomic E-state index is 13.3. The zero-order valence-corrected chi connectivity index (χ0v) is 14.8. The van der Waals surface area contributed by atoms with Crippen molar-refractivity contribution < 1.29 is 14.0 Å². The highest BCUT2D eigenvalue weighted by atomic mass is 19.1. The Kier molecular flexibility index (Phi) is 4.49.